The van der Waals surface area contributed by atoms with Crippen molar-refractivity contribution in [2.24, 2.45) is 0 Å². The van der Waals surface area contributed by atoms with Crippen LogP contribution in [0.4, 0.5) is 10.2 Å². The minimum Gasteiger partial charge on any atom is -0.382 e. The Morgan fingerprint density at radius 2 is 2.00 bits per heavy atom. The zero-order chi connectivity index (χ0) is 20.4. The number of piperidine rings is 1. The van der Waals surface area contributed by atoms with E-state index in [4.69, 9.17) is 5.73 Å². The number of hydrogen-bond donors (Lipinski definition) is 2. The van der Waals surface area contributed by atoms with Crippen LogP contribution in [-0.2, 0) is 11.3 Å². The van der Waals surface area contributed by atoms with E-state index in [1.54, 1.807) is 19.1 Å². The number of nitrogens with one attached hydrogen (secondary N) is 1. The van der Waals surface area contributed by atoms with Crippen molar-refractivity contribution in [3.8, 4) is 11.3 Å². The van der Waals surface area contributed by atoms with E-state index in [0.29, 0.717) is 40.7 Å². The maximum atomic E-state index is 14.3. The Morgan fingerprint density at radius 1 is 1.23 bits per heavy atom. The summed E-state index contributed by atoms with van der Waals surface area (Å²) in [6.45, 7) is 3.66. The Hall–Kier alpha value is -2.84. The second kappa shape index (κ2) is 9.32. The number of rotatable bonds is 4. The van der Waals surface area contributed by atoms with Gasteiger partial charge in [0.05, 0.1) is 11.2 Å². The van der Waals surface area contributed by atoms with E-state index in [2.05, 4.69) is 20.3 Å². The second-order valence-corrected chi connectivity index (χ2v) is 7.33. The molecule has 3 N–H and O–H groups in total. The first-order valence-electron chi connectivity index (χ1n) is 9.65. The van der Waals surface area contributed by atoms with E-state index < -0.39 is 0 Å². The molecule has 1 saturated heterocycles. The van der Waals surface area contributed by atoms with Gasteiger partial charge in [-0.2, -0.15) is 0 Å². The maximum Gasteiger partial charge on any atom is 0.219 e. The van der Waals surface area contributed by atoms with Crippen molar-refractivity contribution in [2.75, 3.05) is 18.8 Å². The number of amides is 1. The topological polar surface area (TPSA) is 97.0 Å². The van der Waals surface area contributed by atoms with Crippen molar-refractivity contribution in [1.82, 2.24) is 25.2 Å². The number of halogens is 2. The Bertz CT molecular complexity index is 1050. The van der Waals surface area contributed by atoms with Crippen molar-refractivity contribution < 1.29 is 9.18 Å². The summed E-state index contributed by atoms with van der Waals surface area (Å²) in [6.07, 6.45) is 3.19. The van der Waals surface area contributed by atoms with Gasteiger partial charge < -0.3 is 16.0 Å². The molecule has 9 heteroatoms. The van der Waals surface area contributed by atoms with Gasteiger partial charge in [0.15, 0.2) is 5.82 Å². The number of nitrogen functional groups attached to an aromatic ring is 1. The maximum absolute atomic E-state index is 14.3. The summed E-state index contributed by atoms with van der Waals surface area (Å²) in [5, 5.41) is 3.48. The van der Waals surface area contributed by atoms with Crippen LogP contribution in [0.25, 0.3) is 22.3 Å². The van der Waals surface area contributed by atoms with Crippen LogP contribution in [0.15, 0.2) is 36.7 Å². The lowest BCUT2D eigenvalue weighted by atomic mass is 10.0. The minimum atomic E-state index is -0.315. The van der Waals surface area contributed by atoms with Gasteiger partial charge in [0.25, 0.3) is 0 Å². The van der Waals surface area contributed by atoms with Crippen molar-refractivity contribution in [1.29, 1.82) is 0 Å². The van der Waals surface area contributed by atoms with Crippen LogP contribution < -0.4 is 11.1 Å². The predicted octanol–water partition coefficient (Wildman–Crippen LogP) is 2.94. The molecule has 2 aromatic heterocycles. The largest absolute Gasteiger partial charge is 0.382 e. The fourth-order valence-corrected chi connectivity index (χ4v) is 3.68. The zero-order valence-electron chi connectivity index (χ0n) is 16.6. The summed E-state index contributed by atoms with van der Waals surface area (Å²) in [5.74, 6) is 0.101. The Kier molecular flexibility index (Phi) is 6.79. The van der Waals surface area contributed by atoms with Gasteiger partial charge in [-0.15, -0.1) is 12.4 Å². The van der Waals surface area contributed by atoms with Gasteiger partial charge in [-0.3, -0.25) is 4.79 Å². The summed E-state index contributed by atoms with van der Waals surface area (Å²) in [6, 6.07) is 8.84. The summed E-state index contributed by atoms with van der Waals surface area (Å²) < 4.78 is 14.3. The van der Waals surface area contributed by atoms with E-state index in [1.807, 2.05) is 11.0 Å². The van der Waals surface area contributed by atoms with Gasteiger partial charge in [0, 0.05) is 38.2 Å². The number of pyridine rings is 1. The Labute approximate surface area is 180 Å². The first-order chi connectivity index (χ1) is 14.0. The van der Waals surface area contributed by atoms with Gasteiger partial charge >= 0.3 is 0 Å². The molecule has 1 amide bonds. The molecule has 7 nitrogen and oxygen atoms in total. The van der Waals surface area contributed by atoms with Gasteiger partial charge in [0.2, 0.25) is 5.91 Å². The van der Waals surface area contributed by atoms with Crippen molar-refractivity contribution in [3.05, 3.63) is 48.0 Å². The third-order valence-electron chi connectivity index (χ3n) is 5.30. The molecule has 1 aromatic carbocycles. The zero-order valence-corrected chi connectivity index (χ0v) is 17.5. The van der Waals surface area contributed by atoms with Gasteiger partial charge in [-0.05, 0) is 48.7 Å². The van der Waals surface area contributed by atoms with E-state index in [9.17, 15) is 9.18 Å². The lowest BCUT2D eigenvalue weighted by molar-refractivity contribution is -0.129. The molecule has 0 spiro atoms. The van der Waals surface area contributed by atoms with Crippen LogP contribution in [0.2, 0.25) is 0 Å². The van der Waals surface area contributed by atoms with E-state index in [0.717, 1.165) is 31.5 Å². The summed E-state index contributed by atoms with van der Waals surface area (Å²) in [7, 11) is 0. The van der Waals surface area contributed by atoms with Gasteiger partial charge in [0.1, 0.15) is 17.7 Å². The number of likely N-dealkylation sites (tertiary alicyclic amines) is 1. The highest BCUT2D eigenvalue weighted by Gasteiger charge is 2.20. The van der Waals surface area contributed by atoms with Crippen LogP contribution in [0.3, 0.4) is 0 Å². The molecule has 1 fully saturated rings. The molecule has 0 atom stereocenters. The molecule has 3 aromatic rings. The molecular formula is C21H24ClFN6O. The third kappa shape index (κ3) is 4.83. The number of benzene rings is 1. The predicted molar refractivity (Wildman–Crippen MR) is 117 cm³/mol. The summed E-state index contributed by atoms with van der Waals surface area (Å²) >= 11 is 0. The first-order valence-corrected chi connectivity index (χ1v) is 9.65. The molecule has 0 bridgehead atoms. The quantitative estimate of drug-likeness (QED) is 0.660. The van der Waals surface area contributed by atoms with Crippen LogP contribution in [0.1, 0.15) is 25.3 Å². The molecule has 0 radical (unpaired) electrons. The van der Waals surface area contributed by atoms with E-state index >= 15 is 0 Å². The monoisotopic (exact) mass is 430 g/mol. The second-order valence-electron chi connectivity index (χ2n) is 7.33. The smallest absolute Gasteiger partial charge is 0.219 e. The minimum absolute atomic E-state index is 0. The number of hydrogen-bond acceptors (Lipinski definition) is 6. The normalized spacial score (nSPS) is 14.5. The lowest BCUT2D eigenvalue weighted by Gasteiger charge is -2.31. The van der Waals surface area contributed by atoms with Crippen LogP contribution in [0, 0.1) is 5.82 Å². The highest BCUT2D eigenvalue weighted by molar-refractivity contribution is 5.86. The van der Waals surface area contributed by atoms with E-state index in [1.165, 1.54) is 18.5 Å². The Balaban J connectivity index is 0.00000256. The molecule has 30 heavy (non-hydrogen) atoms. The number of carbonyl (C=O) groups excluding carboxylic acids is 1. The molecule has 4 rings (SSSR count). The van der Waals surface area contributed by atoms with Crippen LogP contribution >= 0.6 is 12.4 Å². The number of fused-ring (bicyclic) bond motifs is 1. The highest BCUT2D eigenvalue weighted by atomic mass is 35.5. The van der Waals surface area contributed by atoms with Crippen molar-refractivity contribution in [3.63, 3.8) is 0 Å². The highest BCUT2D eigenvalue weighted by Crippen LogP contribution is 2.24. The number of nitrogens with zero attached hydrogens (tertiary/aromatic N) is 4. The SMILES string of the molecule is CC(=O)N1CCC(NCc2cc(F)cc(-c3ccc4ncnc(N)c4n3)c2)CC1.Cl. The van der Waals surface area contributed by atoms with E-state index in [-0.39, 0.29) is 24.1 Å². The fourth-order valence-electron chi connectivity index (χ4n) is 3.68. The first kappa shape index (κ1) is 21.9. The molecule has 158 valence electrons. The molecule has 1 aliphatic heterocycles. The third-order valence-corrected chi connectivity index (χ3v) is 5.30. The number of anilines is 1. The number of aromatic nitrogens is 3. The van der Waals surface area contributed by atoms with Crippen LogP contribution in [-0.4, -0.2) is 44.9 Å². The standard InChI is InChI=1S/C21H23FN6O.ClH/c1-13(29)28-6-4-17(5-7-28)24-11-14-8-15(10-16(22)9-14)18-2-3-19-20(27-18)21(23)26-12-25-19;/h2-3,8-10,12,17,24H,4-7,11H2,1H3,(H2,23,25,26);1H. The number of carbonyl (C=O) groups is 1. The molecule has 3 heterocycles. The van der Waals surface area contributed by atoms with Crippen LogP contribution in [0.5, 0.6) is 0 Å². The van der Waals surface area contributed by atoms with Crippen molar-refractivity contribution >= 4 is 35.2 Å². The molecule has 0 saturated carbocycles. The average molecular weight is 431 g/mol. The Morgan fingerprint density at radius 3 is 2.73 bits per heavy atom. The number of nitrogens with two attached hydrogens (primary N) is 1. The van der Waals surface area contributed by atoms with Crippen molar-refractivity contribution in [2.45, 2.75) is 32.4 Å². The van der Waals surface area contributed by atoms with Gasteiger partial charge in [-0.25, -0.2) is 19.3 Å². The molecule has 1 aliphatic rings. The lowest BCUT2D eigenvalue weighted by Crippen LogP contribution is -2.43. The molecule has 0 unspecified atom stereocenters. The molecular weight excluding hydrogens is 407 g/mol. The summed E-state index contributed by atoms with van der Waals surface area (Å²) in [5.41, 5.74) is 9.19. The van der Waals surface area contributed by atoms with Gasteiger partial charge in [-0.1, -0.05) is 0 Å². The molecule has 0 aliphatic carbocycles. The summed E-state index contributed by atoms with van der Waals surface area (Å²) in [4.78, 5) is 25.9. The average Bonchev–Trinajstić information content (AvgIpc) is 2.72. The fraction of sp³-hybridized carbons (Fsp3) is 0.333.